The van der Waals surface area contributed by atoms with Gasteiger partial charge in [-0.2, -0.15) is 12.6 Å². The Balaban J connectivity index is 3.74. The molecule has 0 aromatic carbocycles. The molecule has 0 aliphatic heterocycles. The molecule has 5 nitrogen and oxygen atoms in total. The fraction of sp³-hybridized carbons (Fsp3) is 0.700. The van der Waals surface area contributed by atoms with E-state index >= 15 is 0 Å². The smallest absolute Gasteiger partial charge is 0.305 e. The first-order valence-corrected chi connectivity index (χ1v) is 5.73. The van der Waals surface area contributed by atoms with Gasteiger partial charge in [-0.3, -0.25) is 14.4 Å². The number of carboxylic acids is 1. The van der Waals surface area contributed by atoms with E-state index in [1.54, 1.807) is 0 Å². The van der Waals surface area contributed by atoms with E-state index in [1.807, 2.05) is 0 Å². The Morgan fingerprint density at radius 1 is 1.31 bits per heavy atom. The van der Waals surface area contributed by atoms with Crippen LogP contribution in [0, 0.1) is 0 Å². The highest BCUT2D eigenvalue weighted by Crippen LogP contribution is 2.01. The molecule has 0 aromatic rings. The van der Waals surface area contributed by atoms with E-state index in [0.717, 1.165) is 18.6 Å². The molecule has 0 aromatic heterocycles. The van der Waals surface area contributed by atoms with E-state index in [-0.39, 0.29) is 5.91 Å². The minimum Gasteiger partial charge on any atom is -0.481 e. The number of carbonyl (C=O) groups excluding carboxylic acids is 2. The number of rotatable bonds is 9. The minimum atomic E-state index is -1.14. The summed E-state index contributed by atoms with van der Waals surface area (Å²) in [6, 6.07) is -1.05. The summed E-state index contributed by atoms with van der Waals surface area (Å²) in [7, 11) is 0. The summed E-state index contributed by atoms with van der Waals surface area (Å²) >= 11 is 4.04. The van der Waals surface area contributed by atoms with E-state index in [0.29, 0.717) is 12.8 Å². The first-order chi connectivity index (χ1) is 7.60. The molecule has 0 rings (SSSR count). The van der Waals surface area contributed by atoms with Gasteiger partial charge in [0, 0.05) is 6.42 Å². The number of aliphatic carboxylic acids is 1. The van der Waals surface area contributed by atoms with E-state index in [9.17, 15) is 14.4 Å². The summed E-state index contributed by atoms with van der Waals surface area (Å²) in [5.41, 5.74) is 0. The van der Waals surface area contributed by atoms with Crippen LogP contribution >= 0.6 is 12.6 Å². The van der Waals surface area contributed by atoms with Crippen LogP contribution in [0.15, 0.2) is 0 Å². The van der Waals surface area contributed by atoms with Crippen LogP contribution in [0.2, 0.25) is 0 Å². The molecule has 91 valence electrons. The lowest BCUT2D eigenvalue weighted by molar-refractivity contribution is -0.137. The second kappa shape index (κ2) is 9.21. The molecule has 1 unspecified atom stereocenters. The highest BCUT2D eigenvalue weighted by Gasteiger charge is 2.15. The summed E-state index contributed by atoms with van der Waals surface area (Å²) in [6.07, 6.45) is 3.91. The Hall–Kier alpha value is -1.04. The normalized spacial score (nSPS) is 11.8. The van der Waals surface area contributed by atoms with Gasteiger partial charge in [0.15, 0.2) is 0 Å². The number of amides is 1. The highest BCUT2D eigenvalue weighted by molar-refractivity contribution is 7.80. The molecule has 0 saturated carbocycles. The monoisotopic (exact) mass is 246 g/mol. The molecule has 0 aliphatic rings. The molecule has 1 radical (unpaired) electrons. The van der Waals surface area contributed by atoms with Crippen LogP contribution in [0.5, 0.6) is 0 Å². The van der Waals surface area contributed by atoms with Crippen LogP contribution in [0.4, 0.5) is 0 Å². The highest BCUT2D eigenvalue weighted by atomic mass is 32.1. The Morgan fingerprint density at radius 3 is 2.50 bits per heavy atom. The quantitative estimate of drug-likeness (QED) is 0.410. The third-order valence-corrected chi connectivity index (χ3v) is 2.23. The van der Waals surface area contributed by atoms with Crippen LogP contribution in [-0.4, -0.2) is 35.1 Å². The van der Waals surface area contributed by atoms with Crippen molar-refractivity contribution in [3.63, 3.8) is 0 Å². The predicted octanol–water partition coefficient (Wildman–Crippen LogP) is 0.546. The van der Waals surface area contributed by atoms with Gasteiger partial charge in [0.25, 0.3) is 0 Å². The maximum Gasteiger partial charge on any atom is 0.305 e. The molecule has 0 bridgehead atoms. The Labute approximate surface area is 100 Å². The first kappa shape index (κ1) is 15.0. The van der Waals surface area contributed by atoms with Crippen molar-refractivity contribution >= 4 is 30.8 Å². The summed E-state index contributed by atoms with van der Waals surface area (Å²) < 4.78 is 0. The van der Waals surface area contributed by atoms with Crippen LogP contribution in [0.1, 0.15) is 32.1 Å². The molecule has 0 saturated heterocycles. The van der Waals surface area contributed by atoms with Crippen LogP contribution in [0.25, 0.3) is 0 Å². The molecule has 0 spiro atoms. The topological polar surface area (TPSA) is 83.5 Å². The van der Waals surface area contributed by atoms with E-state index in [4.69, 9.17) is 5.11 Å². The molecule has 0 aliphatic carbocycles. The zero-order valence-electron chi connectivity index (χ0n) is 8.94. The minimum absolute atomic E-state index is 0.297. The first-order valence-electron chi connectivity index (χ1n) is 5.09. The fourth-order valence-electron chi connectivity index (χ4n) is 1.14. The lowest BCUT2D eigenvalue weighted by Crippen LogP contribution is -2.37. The second-order valence-corrected chi connectivity index (χ2v) is 3.82. The zero-order valence-corrected chi connectivity index (χ0v) is 9.83. The van der Waals surface area contributed by atoms with Crippen molar-refractivity contribution in [1.29, 1.82) is 0 Å². The van der Waals surface area contributed by atoms with Crippen molar-refractivity contribution in [1.82, 2.24) is 5.32 Å². The molecular formula is C10H16NO4S. The predicted molar refractivity (Wildman–Crippen MR) is 62.2 cm³/mol. The summed E-state index contributed by atoms with van der Waals surface area (Å²) in [5, 5.41) is 10.7. The SMILES string of the molecule is O=[C]C(CC(=O)O)NC(=O)CCCCCS. The Bertz CT molecular complexity index is 245. The summed E-state index contributed by atoms with van der Waals surface area (Å²) in [6.45, 7) is 0. The molecule has 2 N–H and O–H groups in total. The molecule has 16 heavy (non-hydrogen) atoms. The average molecular weight is 246 g/mol. The van der Waals surface area contributed by atoms with Gasteiger partial charge in [0.05, 0.1) is 6.42 Å². The lowest BCUT2D eigenvalue weighted by Gasteiger charge is -2.09. The molecule has 6 heteroatoms. The van der Waals surface area contributed by atoms with Gasteiger partial charge in [0.2, 0.25) is 12.2 Å². The van der Waals surface area contributed by atoms with Crippen molar-refractivity contribution < 1.29 is 19.5 Å². The number of carboxylic acid groups (broad SMARTS) is 1. The number of hydrogen-bond acceptors (Lipinski definition) is 4. The molecule has 0 fully saturated rings. The standard InChI is InChI=1S/C10H16NO4S/c12-7-8(6-10(14)15)11-9(13)4-2-1-3-5-16/h8,16H,1-6H2,(H,11,13)(H,14,15). The van der Waals surface area contributed by atoms with Gasteiger partial charge in [-0.15, -0.1) is 0 Å². The van der Waals surface area contributed by atoms with Gasteiger partial charge < -0.3 is 10.4 Å². The third kappa shape index (κ3) is 8.28. The Morgan fingerprint density at radius 2 is 2.00 bits per heavy atom. The van der Waals surface area contributed by atoms with Crippen molar-refractivity contribution in [2.75, 3.05) is 5.75 Å². The van der Waals surface area contributed by atoms with E-state index in [1.165, 1.54) is 6.29 Å². The maximum atomic E-state index is 11.3. The number of unbranched alkanes of at least 4 members (excludes halogenated alkanes) is 2. The average Bonchev–Trinajstić information content (AvgIpc) is 2.23. The number of hydrogen-bond donors (Lipinski definition) is 3. The largest absolute Gasteiger partial charge is 0.481 e. The van der Waals surface area contributed by atoms with Crippen molar-refractivity contribution in [2.45, 2.75) is 38.1 Å². The summed E-state index contributed by atoms with van der Waals surface area (Å²) in [5.74, 6) is -0.664. The molecule has 0 heterocycles. The zero-order chi connectivity index (χ0) is 12.4. The van der Waals surface area contributed by atoms with Gasteiger partial charge in [-0.25, -0.2) is 0 Å². The lowest BCUT2D eigenvalue weighted by atomic mass is 10.1. The number of thiol groups is 1. The van der Waals surface area contributed by atoms with Crippen molar-refractivity contribution in [2.24, 2.45) is 0 Å². The van der Waals surface area contributed by atoms with Gasteiger partial charge >= 0.3 is 5.97 Å². The van der Waals surface area contributed by atoms with Gasteiger partial charge in [-0.05, 0) is 18.6 Å². The number of nitrogens with one attached hydrogen (secondary N) is 1. The molecule has 1 atom stereocenters. The third-order valence-electron chi connectivity index (χ3n) is 1.92. The van der Waals surface area contributed by atoms with Gasteiger partial charge in [-0.1, -0.05) is 6.42 Å². The second-order valence-electron chi connectivity index (χ2n) is 3.37. The number of carbonyl (C=O) groups is 2. The van der Waals surface area contributed by atoms with Crippen molar-refractivity contribution in [3.05, 3.63) is 0 Å². The van der Waals surface area contributed by atoms with Crippen LogP contribution in [0.3, 0.4) is 0 Å². The van der Waals surface area contributed by atoms with Crippen molar-refractivity contribution in [3.8, 4) is 0 Å². The molecule has 1 amide bonds. The van der Waals surface area contributed by atoms with Gasteiger partial charge in [0.1, 0.15) is 6.04 Å². The van der Waals surface area contributed by atoms with E-state index < -0.39 is 18.4 Å². The Kier molecular flexibility index (Phi) is 8.61. The molecular weight excluding hydrogens is 230 g/mol. The van der Waals surface area contributed by atoms with Crippen LogP contribution < -0.4 is 5.32 Å². The van der Waals surface area contributed by atoms with E-state index in [2.05, 4.69) is 17.9 Å². The maximum absolute atomic E-state index is 11.3. The summed E-state index contributed by atoms with van der Waals surface area (Å²) in [4.78, 5) is 31.9. The van der Waals surface area contributed by atoms with Crippen LogP contribution in [-0.2, 0) is 14.4 Å². The fourth-order valence-corrected chi connectivity index (χ4v) is 1.36.